The van der Waals surface area contributed by atoms with E-state index in [2.05, 4.69) is 5.32 Å². The van der Waals surface area contributed by atoms with Crippen molar-refractivity contribution in [1.29, 1.82) is 0 Å². The quantitative estimate of drug-likeness (QED) is 0.815. The fourth-order valence-electron chi connectivity index (χ4n) is 2.53. The van der Waals surface area contributed by atoms with Crippen molar-refractivity contribution in [3.63, 3.8) is 0 Å². The van der Waals surface area contributed by atoms with Crippen LogP contribution in [-0.2, 0) is 12.7 Å². The van der Waals surface area contributed by atoms with E-state index in [0.717, 1.165) is 18.7 Å². The maximum Gasteiger partial charge on any atom is 0.419 e. The van der Waals surface area contributed by atoms with Crippen LogP contribution in [0, 0.1) is 11.7 Å². The highest BCUT2D eigenvalue weighted by Gasteiger charge is 2.34. The lowest BCUT2D eigenvalue weighted by Gasteiger charge is -2.12. The van der Waals surface area contributed by atoms with Crippen molar-refractivity contribution in [2.75, 3.05) is 6.54 Å². The highest BCUT2D eigenvalue weighted by molar-refractivity contribution is 5.27. The third-order valence-electron chi connectivity index (χ3n) is 3.57. The minimum atomic E-state index is -4.63. The fourth-order valence-corrected chi connectivity index (χ4v) is 2.53. The second kappa shape index (κ2) is 5.90. The van der Waals surface area contributed by atoms with Crippen LogP contribution in [0.15, 0.2) is 18.2 Å². The first kappa shape index (κ1) is 14.3. The van der Waals surface area contributed by atoms with Crippen LogP contribution in [0.1, 0.15) is 36.8 Å². The highest BCUT2D eigenvalue weighted by Crippen LogP contribution is 2.32. The lowest BCUT2D eigenvalue weighted by atomic mass is 10.1. The van der Waals surface area contributed by atoms with Gasteiger partial charge in [-0.3, -0.25) is 0 Å². The zero-order chi connectivity index (χ0) is 13.9. The van der Waals surface area contributed by atoms with E-state index in [-0.39, 0.29) is 0 Å². The van der Waals surface area contributed by atoms with E-state index in [1.807, 2.05) is 0 Å². The van der Waals surface area contributed by atoms with Crippen LogP contribution in [0.3, 0.4) is 0 Å². The summed E-state index contributed by atoms with van der Waals surface area (Å²) in [7, 11) is 0. The highest BCUT2D eigenvalue weighted by atomic mass is 19.4. The minimum absolute atomic E-state index is 0.347. The van der Waals surface area contributed by atoms with Gasteiger partial charge in [0.05, 0.1) is 5.56 Å². The molecule has 0 saturated heterocycles. The van der Waals surface area contributed by atoms with Crippen molar-refractivity contribution in [2.24, 2.45) is 5.92 Å². The van der Waals surface area contributed by atoms with Crippen LogP contribution in [0.25, 0.3) is 0 Å². The van der Waals surface area contributed by atoms with E-state index in [1.54, 1.807) is 0 Å². The number of nitrogens with one attached hydrogen (secondary N) is 1. The molecular weight excluding hydrogens is 258 g/mol. The zero-order valence-electron chi connectivity index (χ0n) is 10.6. The molecule has 1 aliphatic carbocycles. The van der Waals surface area contributed by atoms with Crippen LogP contribution in [-0.4, -0.2) is 6.54 Å². The number of hydrogen-bond donors (Lipinski definition) is 1. The minimum Gasteiger partial charge on any atom is -0.312 e. The first-order valence-corrected chi connectivity index (χ1v) is 6.53. The van der Waals surface area contributed by atoms with E-state index < -0.39 is 17.6 Å². The molecule has 1 fully saturated rings. The number of rotatable bonds is 4. The second-order valence-electron chi connectivity index (χ2n) is 5.09. The van der Waals surface area contributed by atoms with E-state index in [0.29, 0.717) is 18.0 Å². The first-order chi connectivity index (χ1) is 8.97. The summed E-state index contributed by atoms with van der Waals surface area (Å²) in [4.78, 5) is 0. The maximum atomic E-state index is 13.1. The summed E-state index contributed by atoms with van der Waals surface area (Å²) in [6.45, 7) is 1.17. The first-order valence-electron chi connectivity index (χ1n) is 6.53. The molecule has 1 aromatic rings. The molecule has 1 aliphatic rings. The van der Waals surface area contributed by atoms with Crippen molar-refractivity contribution < 1.29 is 17.6 Å². The summed E-state index contributed by atoms with van der Waals surface area (Å²) in [6.07, 6.45) is 0.211. The predicted molar refractivity (Wildman–Crippen MR) is 65.1 cm³/mol. The summed E-state index contributed by atoms with van der Waals surface area (Å²) in [5.74, 6) is -0.588. The monoisotopic (exact) mass is 275 g/mol. The Labute approximate surface area is 110 Å². The number of alkyl halides is 3. The van der Waals surface area contributed by atoms with Gasteiger partial charge in [0.25, 0.3) is 0 Å². The summed E-state index contributed by atoms with van der Waals surface area (Å²) in [5.41, 5.74) is -0.723. The van der Waals surface area contributed by atoms with Crippen LogP contribution in [0.4, 0.5) is 17.6 Å². The van der Waals surface area contributed by atoms with E-state index in [9.17, 15) is 17.6 Å². The third-order valence-corrected chi connectivity index (χ3v) is 3.57. The molecule has 0 spiro atoms. The van der Waals surface area contributed by atoms with Crippen molar-refractivity contribution >= 4 is 0 Å². The number of benzene rings is 1. The molecule has 0 heterocycles. The Balaban J connectivity index is 1.93. The maximum absolute atomic E-state index is 13.1. The molecule has 1 N–H and O–H groups in total. The Morgan fingerprint density at radius 2 is 1.84 bits per heavy atom. The van der Waals surface area contributed by atoms with Crippen LogP contribution < -0.4 is 5.32 Å². The number of halogens is 4. The van der Waals surface area contributed by atoms with E-state index in [4.69, 9.17) is 0 Å². The molecule has 2 rings (SSSR count). The Morgan fingerprint density at radius 1 is 1.16 bits per heavy atom. The second-order valence-corrected chi connectivity index (χ2v) is 5.09. The molecule has 0 radical (unpaired) electrons. The Kier molecular flexibility index (Phi) is 4.45. The standard InChI is InChI=1S/C14H17F4N/c15-13-6-5-11(7-12(13)14(16,17)18)9-19-8-10-3-1-2-4-10/h5-7,10,19H,1-4,8-9H2. The van der Waals surface area contributed by atoms with Gasteiger partial charge in [-0.2, -0.15) is 13.2 Å². The summed E-state index contributed by atoms with van der Waals surface area (Å²) in [6, 6.07) is 3.17. The lowest BCUT2D eigenvalue weighted by molar-refractivity contribution is -0.140. The molecular formula is C14H17F4N. The average molecular weight is 275 g/mol. The number of hydrogen-bond acceptors (Lipinski definition) is 1. The van der Waals surface area contributed by atoms with Gasteiger partial charge in [-0.05, 0) is 43.0 Å². The molecule has 0 aromatic heterocycles. The van der Waals surface area contributed by atoms with Gasteiger partial charge in [0, 0.05) is 6.54 Å². The van der Waals surface area contributed by atoms with Crippen molar-refractivity contribution in [3.05, 3.63) is 35.1 Å². The van der Waals surface area contributed by atoms with Crippen molar-refractivity contribution in [2.45, 2.75) is 38.4 Å². The Morgan fingerprint density at radius 3 is 2.47 bits per heavy atom. The average Bonchev–Trinajstić information content (AvgIpc) is 2.83. The zero-order valence-corrected chi connectivity index (χ0v) is 10.6. The Bertz CT molecular complexity index is 422. The predicted octanol–water partition coefficient (Wildman–Crippen LogP) is 4.12. The molecule has 0 atom stereocenters. The molecule has 19 heavy (non-hydrogen) atoms. The van der Waals surface area contributed by atoms with Gasteiger partial charge < -0.3 is 5.32 Å². The van der Waals surface area contributed by atoms with Gasteiger partial charge in [0.2, 0.25) is 0 Å². The van der Waals surface area contributed by atoms with Crippen LogP contribution in [0.5, 0.6) is 0 Å². The molecule has 0 amide bonds. The molecule has 1 nitrogen and oxygen atoms in total. The summed E-state index contributed by atoms with van der Waals surface area (Å²) < 4.78 is 50.7. The molecule has 1 aromatic carbocycles. The normalized spacial score (nSPS) is 17.1. The van der Waals surface area contributed by atoms with Crippen molar-refractivity contribution in [1.82, 2.24) is 5.32 Å². The van der Waals surface area contributed by atoms with E-state index >= 15 is 0 Å². The van der Waals surface area contributed by atoms with Gasteiger partial charge >= 0.3 is 6.18 Å². The topological polar surface area (TPSA) is 12.0 Å². The van der Waals surface area contributed by atoms with Gasteiger partial charge in [-0.1, -0.05) is 18.9 Å². The fraction of sp³-hybridized carbons (Fsp3) is 0.571. The van der Waals surface area contributed by atoms with E-state index in [1.165, 1.54) is 31.7 Å². The van der Waals surface area contributed by atoms with Crippen LogP contribution >= 0.6 is 0 Å². The largest absolute Gasteiger partial charge is 0.419 e. The smallest absolute Gasteiger partial charge is 0.312 e. The van der Waals surface area contributed by atoms with Crippen molar-refractivity contribution in [3.8, 4) is 0 Å². The van der Waals surface area contributed by atoms with Gasteiger partial charge in [0.15, 0.2) is 0 Å². The molecule has 1 saturated carbocycles. The Hall–Kier alpha value is -1.10. The molecule has 106 valence electrons. The summed E-state index contributed by atoms with van der Waals surface area (Å²) >= 11 is 0. The van der Waals surface area contributed by atoms with Gasteiger partial charge in [-0.25, -0.2) is 4.39 Å². The molecule has 0 unspecified atom stereocenters. The van der Waals surface area contributed by atoms with Gasteiger partial charge in [-0.15, -0.1) is 0 Å². The van der Waals surface area contributed by atoms with Crippen LogP contribution in [0.2, 0.25) is 0 Å². The molecule has 0 aliphatic heterocycles. The van der Waals surface area contributed by atoms with Gasteiger partial charge in [0.1, 0.15) is 5.82 Å². The third kappa shape index (κ3) is 3.93. The SMILES string of the molecule is Fc1ccc(CNCC2CCCC2)cc1C(F)(F)F. The lowest BCUT2D eigenvalue weighted by Crippen LogP contribution is -2.21. The molecule has 5 heteroatoms. The summed E-state index contributed by atoms with van der Waals surface area (Å²) in [5, 5.41) is 3.15. The molecule has 0 bridgehead atoms.